The van der Waals surface area contributed by atoms with Crippen LogP contribution in [0.2, 0.25) is 0 Å². The Labute approximate surface area is 92.4 Å². The summed E-state index contributed by atoms with van der Waals surface area (Å²) in [6.07, 6.45) is -4.91. The third kappa shape index (κ3) is 2.92. The first kappa shape index (κ1) is 12.9. The number of carbonyl (C=O) groups excluding carboxylic acids is 2. The number of halogens is 4. The monoisotopic (exact) mass is 250 g/mol. The molecule has 1 rings (SSSR count). The SMILES string of the molecule is NC(=O)NC(=O)c1c(F)cccc1C(F)(F)F. The van der Waals surface area contributed by atoms with Crippen molar-refractivity contribution in [2.45, 2.75) is 6.18 Å². The zero-order valence-corrected chi connectivity index (χ0v) is 8.14. The minimum Gasteiger partial charge on any atom is -0.351 e. The van der Waals surface area contributed by atoms with Crippen LogP contribution in [-0.2, 0) is 6.18 Å². The summed E-state index contributed by atoms with van der Waals surface area (Å²) in [7, 11) is 0. The van der Waals surface area contributed by atoms with Gasteiger partial charge in [-0.15, -0.1) is 0 Å². The van der Waals surface area contributed by atoms with Gasteiger partial charge in [-0.2, -0.15) is 13.2 Å². The molecule has 92 valence electrons. The molecule has 0 aliphatic rings. The first-order valence-corrected chi connectivity index (χ1v) is 4.20. The van der Waals surface area contributed by atoms with E-state index in [0.29, 0.717) is 12.1 Å². The summed E-state index contributed by atoms with van der Waals surface area (Å²) in [5, 5.41) is 1.37. The second kappa shape index (κ2) is 4.40. The number of hydrogen-bond acceptors (Lipinski definition) is 2. The van der Waals surface area contributed by atoms with Crippen molar-refractivity contribution in [2.24, 2.45) is 5.73 Å². The molecule has 0 unspecified atom stereocenters. The van der Waals surface area contributed by atoms with Crippen LogP contribution in [-0.4, -0.2) is 11.9 Å². The van der Waals surface area contributed by atoms with Gasteiger partial charge in [0, 0.05) is 0 Å². The molecule has 0 heterocycles. The van der Waals surface area contributed by atoms with Crippen molar-refractivity contribution in [1.29, 1.82) is 0 Å². The van der Waals surface area contributed by atoms with E-state index in [4.69, 9.17) is 0 Å². The van der Waals surface area contributed by atoms with Crippen molar-refractivity contribution < 1.29 is 27.2 Å². The van der Waals surface area contributed by atoms with Crippen LogP contribution in [0.3, 0.4) is 0 Å². The van der Waals surface area contributed by atoms with Gasteiger partial charge < -0.3 is 5.73 Å². The highest BCUT2D eigenvalue weighted by atomic mass is 19.4. The molecular formula is C9H6F4N2O2. The van der Waals surface area contributed by atoms with Gasteiger partial charge in [-0.05, 0) is 12.1 Å². The molecule has 0 saturated heterocycles. The molecule has 0 atom stereocenters. The van der Waals surface area contributed by atoms with Gasteiger partial charge in [-0.1, -0.05) is 6.07 Å². The maximum absolute atomic E-state index is 13.2. The van der Waals surface area contributed by atoms with E-state index in [9.17, 15) is 27.2 Å². The number of rotatable bonds is 1. The molecule has 1 aromatic carbocycles. The number of primary amides is 1. The van der Waals surface area contributed by atoms with Crippen LogP contribution in [0.5, 0.6) is 0 Å². The molecule has 1 aromatic rings. The van der Waals surface area contributed by atoms with Crippen molar-refractivity contribution in [2.75, 3.05) is 0 Å². The summed E-state index contributed by atoms with van der Waals surface area (Å²) in [5.41, 5.74) is 1.82. The lowest BCUT2D eigenvalue weighted by atomic mass is 10.1. The summed E-state index contributed by atoms with van der Waals surface area (Å²) >= 11 is 0. The average molecular weight is 250 g/mol. The molecule has 3 N–H and O–H groups in total. The Bertz CT molecular complexity index is 471. The lowest BCUT2D eigenvalue weighted by molar-refractivity contribution is -0.138. The fraction of sp³-hybridized carbons (Fsp3) is 0.111. The van der Waals surface area contributed by atoms with Crippen LogP contribution in [0.25, 0.3) is 0 Å². The number of amides is 3. The lowest BCUT2D eigenvalue weighted by Gasteiger charge is -2.12. The topological polar surface area (TPSA) is 72.2 Å². The van der Waals surface area contributed by atoms with E-state index >= 15 is 0 Å². The van der Waals surface area contributed by atoms with Gasteiger partial charge in [0.15, 0.2) is 0 Å². The molecule has 0 spiro atoms. The van der Waals surface area contributed by atoms with Crippen molar-refractivity contribution >= 4 is 11.9 Å². The number of imide groups is 1. The highest BCUT2D eigenvalue weighted by Gasteiger charge is 2.36. The normalized spacial score (nSPS) is 11.1. The molecule has 0 fully saturated rings. The molecule has 0 saturated carbocycles. The highest BCUT2D eigenvalue weighted by molar-refractivity contribution is 6.04. The van der Waals surface area contributed by atoms with Crippen molar-refractivity contribution in [3.8, 4) is 0 Å². The number of hydrogen-bond donors (Lipinski definition) is 2. The van der Waals surface area contributed by atoms with Crippen LogP contribution in [0.1, 0.15) is 15.9 Å². The molecule has 0 radical (unpaired) electrons. The van der Waals surface area contributed by atoms with E-state index in [1.165, 1.54) is 5.32 Å². The third-order valence-electron chi connectivity index (χ3n) is 1.78. The molecule has 4 nitrogen and oxygen atoms in total. The van der Waals surface area contributed by atoms with Crippen molar-refractivity contribution in [3.63, 3.8) is 0 Å². The maximum Gasteiger partial charge on any atom is 0.417 e. The van der Waals surface area contributed by atoms with Crippen LogP contribution >= 0.6 is 0 Å². The molecule has 3 amide bonds. The van der Waals surface area contributed by atoms with Crippen LogP contribution in [0, 0.1) is 5.82 Å². The Kier molecular flexibility index (Phi) is 3.35. The number of urea groups is 1. The van der Waals surface area contributed by atoms with E-state index in [0.717, 1.165) is 6.07 Å². The largest absolute Gasteiger partial charge is 0.417 e. The number of nitrogens with one attached hydrogen (secondary N) is 1. The molecule has 8 heteroatoms. The van der Waals surface area contributed by atoms with Gasteiger partial charge in [-0.3, -0.25) is 10.1 Å². The van der Waals surface area contributed by atoms with Crippen LogP contribution in [0.4, 0.5) is 22.4 Å². The molecule has 0 bridgehead atoms. The Morgan fingerprint density at radius 2 is 1.82 bits per heavy atom. The standard InChI is InChI=1S/C9H6F4N2O2/c10-5-3-1-2-4(9(11,12)13)6(5)7(16)15-8(14)17/h1-3H,(H3,14,15,16,17). The predicted molar refractivity (Wildman–Crippen MR) is 48.5 cm³/mol. The third-order valence-corrected chi connectivity index (χ3v) is 1.78. The molecule has 17 heavy (non-hydrogen) atoms. The molecule has 0 aliphatic carbocycles. The van der Waals surface area contributed by atoms with E-state index in [1.807, 2.05) is 0 Å². The minimum absolute atomic E-state index is 0.527. The predicted octanol–water partition coefficient (Wildman–Crippen LogP) is 1.65. The molecular weight excluding hydrogens is 244 g/mol. The zero-order valence-electron chi connectivity index (χ0n) is 8.14. The van der Waals surface area contributed by atoms with Gasteiger partial charge in [0.1, 0.15) is 5.82 Å². The number of benzene rings is 1. The maximum atomic E-state index is 13.2. The Morgan fingerprint density at radius 1 is 1.24 bits per heavy atom. The number of alkyl halides is 3. The van der Waals surface area contributed by atoms with E-state index < -0.39 is 35.1 Å². The fourth-order valence-corrected chi connectivity index (χ4v) is 1.17. The van der Waals surface area contributed by atoms with Crippen LogP contribution < -0.4 is 11.1 Å². The summed E-state index contributed by atoms with van der Waals surface area (Å²) < 4.78 is 50.6. The smallest absolute Gasteiger partial charge is 0.351 e. The highest BCUT2D eigenvalue weighted by Crippen LogP contribution is 2.32. The van der Waals surface area contributed by atoms with Gasteiger partial charge in [0.2, 0.25) is 0 Å². The lowest BCUT2D eigenvalue weighted by Crippen LogP contribution is -2.36. The number of nitrogens with two attached hydrogens (primary N) is 1. The summed E-state index contributed by atoms with van der Waals surface area (Å²) in [6.45, 7) is 0. The van der Waals surface area contributed by atoms with E-state index in [2.05, 4.69) is 5.73 Å². The fourth-order valence-electron chi connectivity index (χ4n) is 1.17. The van der Waals surface area contributed by atoms with Gasteiger partial charge >= 0.3 is 12.2 Å². The van der Waals surface area contributed by atoms with Crippen LogP contribution in [0.15, 0.2) is 18.2 Å². The number of carbonyl (C=O) groups is 2. The molecule has 0 aromatic heterocycles. The Morgan fingerprint density at radius 3 is 2.29 bits per heavy atom. The summed E-state index contributed by atoms with van der Waals surface area (Å²) in [6, 6.07) is 0.634. The van der Waals surface area contributed by atoms with E-state index in [-0.39, 0.29) is 0 Å². The Hall–Kier alpha value is -2.12. The van der Waals surface area contributed by atoms with Gasteiger partial charge in [0.25, 0.3) is 5.91 Å². The molecule has 0 aliphatic heterocycles. The van der Waals surface area contributed by atoms with Gasteiger partial charge in [-0.25, -0.2) is 9.18 Å². The summed E-state index contributed by atoms with van der Waals surface area (Å²) in [5.74, 6) is -2.93. The van der Waals surface area contributed by atoms with Crippen molar-refractivity contribution in [3.05, 3.63) is 35.1 Å². The second-order valence-electron chi connectivity index (χ2n) is 2.98. The first-order valence-electron chi connectivity index (χ1n) is 4.20. The van der Waals surface area contributed by atoms with Gasteiger partial charge in [0.05, 0.1) is 11.1 Å². The van der Waals surface area contributed by atoms with E-state index in [1.54, 1.807) is 0 Å². The minimum atomic E-state index is -4.91. The zero-order chi connectivity index (χ0) is 13.2. The summed E-state index contributed by atoms with van der Waals surface area (Å²) in [4.78, 5) is 21.5. The van der Waals surface area contributed by atoms with Crippen molar-refractivity contribution in [1.82, 2.24) is 5.32 Å². The second-order valence-corrected chi connectivity index (χ2v) is 2.98. The average Bonchev–Trinajstić information content (AvgIpc) is 2.14. The quantitative estimate of drug-likeness (QED) is 0.744. The first-order chi connectivity index (χ1) is 7.73. The Balaban J connectivity index is 3.31.